The first kappa shape index (κ1) is 20.5. The maximum atomic E-state index is 11.9. The summed E-state index contributed by atoms with van der Waals surface area (Å²) in [6.45, 7) is 13.0. The molecule has 1 atom stereocenters. The second kappa shape index (κ2) is 9.05. The molecule has 0 spiro atoms. The normalized spacial score (nSPS) is 13.0. The summed E-state index contributed by atoms with van der Waals surface area (Å²) in [6.07, 6.45) is 4.74. The molecule has 0 saturated carbocycles. The van der Waals surface area contributed by atoms with E-state index in [0.29, 0.717) is 18.4 Å². The van der Waals surface area contributed by atoms with Crippen molar-refractivity contribution in [2.45, 2.75) is 72.3 Å². The molecule has 0 unspecified atom stereocenters. The maximum Gasteiger partial charge on any atom is 0.410 e. The van der Waals surface area contributed by atoms with Crippen molar-refractivity contribution in [1.82, 2.24) is 9.88 Å². The van der Waals surface area contributed by atoms with Crippen LogP contribution in [0.3, 0.4) is 0 Å². The van der Waals surface area contributed by atoms with E-state index in [1.54, 1.807) is 11.9 Å². The maximum absolute atomic E-state index is 11.9. The lowest BCUT2D eigenvalue weighted by atomic mass is 9.97. The van der Waals surface area contributed by atoms with Gasteiger partial charge in [-0.1, -0.05) is 26.8 Å². The quantitative estimate of drug-likeness (QED) is 0.702. The largest absolute Gasteiger partial charge is 0.444 e. The average Bonchev–Trinajstić information content (AvgIpc) is 2.45. The lowest BCUT2D eigenvalue weighted by Gasteiger charge is -2.25. The van der Waals surface area contributed by atoms with Crippen molar-refractivity contribution in [2.75, 3.05) is 13.6 Å². The van der Waals surface area contributed by atoms with Gasteiger partial charge in [-0.3, -0.25) is 4.98 Å². The van der Waals surface area contributed by atoms with Crippen LogP contribution < -0.4 is 0 Å². The molecule has 0 aliphatic rings. The van der Waals surface area contributed by atoms with E-state index in [0.717, 1.165) is 25.0 Å². The first-order valence-corrected chi connectivity index (χ1v) is 8.97. The Balaban J connectivity index is 2.40. The molecule has 0 N–H and O–H groups in total. The summed E-state index contributed by atoms with van der Waals surface area (Å²) in [5.74, 6) is 1.07. The molecule has 1 rings (SSSR count). The Morgan fingerprint density at radius 1 is 1.25 bits per heavy atom. The van der Waals surface area contributed by atoms with Gasteiger partial charge in [0.05, 0.1) is 0 Å². The zero-order chi connectivity index (χ0) is 18.3. The van der Waals surface area contributed by atoms with E-state index in [1.165, 1.54) is 5.56 Å². The highest BCUT2D eigenvalue weighted by molar-refractivity contribution is 5.67. The molecule has 4 nitrogen and oxygen atoms in total. The lowest BCUT2D eigenvalue weighted by molar-refractivity contribution is 0.0295. The predicted octanol–water partition coefficient (Wildman–Crippen LogP) is 5.03. The van der Waals surface area contributed by atoms with E-state index >= 15 is 0 Å². The van der Waals surface area contributed by atoms with E-state index in [4.69, 9.17) is 4.74 Å². The summed E-state index contributed by atoms with van der Waals surface area (Å²) < 4.78 is 5.36. The van der Waals surface area contributed by atoms with E-state index in [-0.39, 0.29) is 6.09 Å². The molecule has 0 radical (unpaired) electrons. The molecule has 136 valence electrons. The first-order chi connectivity index (χ1) is 11.1. The zero-order valence-corrected chi connectivity index (χ0v) is 16.4. The van der Waals surface area contributed by atoms with Crippen LogP contribution in [0.25, 0.3) is 0 Å². The summed E-state index contributed by atoms with van der Waals surface area (Å²) in [5, 5.41) is 0. The van der Waals surface area contributed by atoms with Crippen molar-refractivity contribution in [1.29, 1.82) is 0 Å². The van der Waals surface area contributed by atoms with Gasteiger partial charge in [0, 0.05) is 25.5 Å². The van der Waals surface area contributed by atoms with Crippen molar-refractivity contribution in [3.05, 3.63) is 29.6 Å². The number of nitrogens with zero attached hydrogens (tertiary/aromatic N) is 2. The summed E-state index contributed by atoms with van der Waals surface area (Å²) in [6, 6.07) is 4.33. The van der Waals surface area contributed by atoms with Crippen LogP contribution in [0.2, 0.25) is 0 Å². The number of rotatable bonds is 7. The Bertz CT molecular complexity index is 503. The molecule has 4 heteroatoms. The highest BCUT2D eigenvalue weighted by Gasteiger charge is 2.19. The molecule has 1 aromatic heterocycles. The Kier molecular flexibility index (Phi) is 7.71. The van der Waals surface area contributed by atoms with Crippen molar-refractivity contribution in [2.24, 2.45) is 5.92 Å². The predicted molar refractivity (Wildman–Crippen MR) is 99.3 cm³/mol. The molecule has 0 fully saturated rings. The van der Waals surface area contributed by atoms with Gasteiger partial charge in [0.15, 0.2) is 0 Å². The van der Waals surface area contributed by atoms with Gasteiger partial charge in [0.2, 0.25) is 0 Å². The second-order valence-electron chi connectivity index (χ2n) is 8.13. The highest BCUT2D eigenvalue weighted by Crippen LogP contribution is 2.21. The number of aromatic nitrogens is 1. The molecular weight excluding hydrogens is 300 g/mol. The van der Waals surface area contributed by atoms with E-state index in [9.17, 15) is 4.79 Å². The Morgan fingerprint density at radius 2 is 1.92 bits per heavy atom. The van der Waals surface area contributed by atoms with E-state index < -0.39 is 5.60 Å². The Hall–Kier alpha value is -1.58. The number of hydrogen-bond acceptors (Lipinski definition) is 3. The third-order valence-corrected chi connectivity index (χ3v) is 3.87. The van der Waals surface area contributed by atoms with Gasteiger partial charge in [-0.15, -0.1) is 0 Å². The van der Waals surface area contributed by atoms with Crippen molar-refractivity contribution >= 4 is 6.09 Å². The molecule has 0 aliphatic carbocycles. The minimum Gasteiger partial charge on any atom is -0.444 e. The second-order valence-corrected chi connectivity index (χ2v) is 8.13. The van der Waals surface area contributed by atoms with Gasteiger partial charge in [-0.2, -0.15) is 0 Å². The first-order valence-electron chi connectivity index (χ1n) is 8.97. The fraction of sp³-hybridized carbons (Fsp3) is 0.700. The van der Waals surface area contributed by atoms with E-state index in [2.05, 4.69) is 37.9 Å². The van der Waals surface area contributed by atoms with Gasteiger partial charge in [0.25, 0.3) is 0 Å². The van der Waals surface area contributed by atoms with Crippen LogP contribution in [0.15, 0.2) is 18.3 Å². The highest BCUT2D eigenvalue weighted by atomic mass is 16.6. The van der Waals surface area contributed by atoms with Gasteiger partial charge in [-0.25, -0.2) is 4.79 Å². The van der Waals surface area contributed by atoms with Gasteiger partial charge in [0.1, 0.15) is 5.60 Å². The number of hydrogen-bond donors (Lipinski definition) is 0. The fourth-order valence-electron chi connectivity index (χ4n) is 2.50. The van der Waals surface area contributed by atoms with Crippen molar-refractivity contribution in [3.8, 4) is 0 Å². The van der Waals surface area contributed by atoms with Crippen LogP contribution in [-0.2, 0) is 11.2 Å². The number of ether oxygens (including phenoxy) is 1. The van der Waals surface area contributed by atoms with E-state index in [1.807, 2.05) is 27.0 Å². The SMILES string of the molecule is CC(C)Cc1ccc([C@H](C)CCCN(C)C(=O)OC(C)(C)C)cn1. The lowest BCUT2D eigenvalue weighted by Crippen LogP contribution is -2.34. The number of pyridine rings is 1. The Labute approximate surface area is 147 Å². The summed E-state index contributed by atoms with van der Waals surface area (Å²) in [7, 11) is 1.79. The molecular formula is C20H34N2O2. The van der Waals surface area contributed by atoms with Gasteiger partial charge in [-0.05, 0) is 63.5 Å². The summed E-state index contributed by atoms with van der Waals surface area (Å²) >= 11 is 0. The monoisotopic (exact) mass is 334 g/mol. The van der Waals surface area contributed by atoms with Crippen LogP contribution >= 0.6 is 0 Å². The van der Waals surface area contributed by atoms with Crippen molar-refractivity contribution in [3.63, 3.8) is 0 Å². The minimum absolute atomic E-state index is 0.255. The minimum atomic E-state index is -0.442. The standard InChI is InChI=1S/C20H34N2O2/c1-15(2)13-18-11-10-17(14-21-18)16(3)9-8-12-22(7)19(23)24-20(4,5)6/h10-11,14-16H,8-9,12-13H2,1-7H3/t16-/m1/s1. The molecule has 1 heterocycles. The van der Waals surface area contributed by atoms with Crippen molar-refractivity contribution < 1.29 is 9.53 Å². The molecule has 1 amide bonds. The zero-order valence-electron chi connectivity index (χ0n) is 16.4. The molecule has 0 aliphatic heterocycles. The molecule has 0 aromatic carbocycles. The van der Waals surface area contributed by atoms with Gasteiger partial charge < -0.3 is 9.64 Å². The molecule has 0 saturated heterocycles. The molecule has 0 bridgehead atoms. The molecule has 24 heavy (non-hydrogen) atoms. The van der Waals surface area contributed by atoms with Crippen LogP contribution in [-0.4, -0.2) is 35.2 Å². The number of carbonyl (C=O) groups excluding carboxylic acids is 1. The number of amides is 1. The summed E-state index contributed by atoms with van der Waals surface area (Å²) in [4.78, 5) is 18.1. The third-order valence-electron chi connectivity index (χ3n) is 3.87. The number of carbonyl (C=O) groups is 1. The Morgan fingerprint density at radius 3 is 2.42 bits per heavy atom. The van der Waals surface area contributed by atoms with Crippen LogP contribution in [0, 0.1) is 5.92 Å². The van der Waals surface area contributed by atoms with Crippen LogP contribution in [0.5, 0.6) is 0 Å². The fourth-order valence-corrected chi connectivity index (χ4v) is 2.50. The smallest absolute Gasteiger partial charge is 0.410 e. The molecule has 1 aromatic rings. The van der Waals surface area contributed by atoms with Gasteiger partial charge >= 0.3 is 6.09 Å². The topological polar surface area (TPSA) is 42.4 Å². The third kappa shape index (κ3) is 7.80. The summed E-state index contributed by atoms with van der Waals surface area (Å²) in [5.41, 5.74) is 1.98. The van der Waals surface area contributed by atoms with Crippen LogP contribution in [0.1, 0.15) is 71.6 Å². The average molecular weight is 335 g/mol. The van der Waals surface area contributed by atoms with Crippen LogP contribution in [0.4, 0.5) is 4.79 Å².